The zero-order valence-electron chi connectivity index (χ0n) is 11.4. The van der Waals surface area contributed by atoms with Crippen molar-refractivity contribution in [3.63, 3.8) is 0 Å². The van der Waals surface area contributed by atoms with Crippen molar-refractivity contribution in [3.8, 4) is 0 Å². The number of piperidine rings is 1. The van der Waals surface area contributed by atoms with Crippen LogP contribution < -0.4 is 0 Å². The molecular formula is C14H27N. The molecule has 0 aromatic carbocycles. The molecule has 0 aliphatic carbocycles. The van der Waals surface area contributed by atoms with Crippen molar-refractivity contribution in [3.05, 3.63) is 12.3 Å². The van der Waals surface area contributed by atoms with E-state index in [-0.39, 0.29) is 5.54 Å². The van der Waals surface area contributed by atoms with Gasteiger partial charge in [-0.1, -0.05) is 27.4 Å². The highest BCUT2D eigenvalue weighted by molar-refractivity contribution is 5.08. The molecule has 0 bridgehead atoms. The van der Waals surface area contributed by atoms with Crippen molar-refractivity contribution < 1.29 is 0 Å². The van der Waals surface area contributed by atoms with Crippen LogP contribution in [-0.2, 0) is 0 Å². The summed E-state index contributed by atoms with van der Waals surface area (Å²) in [5, 5.41) is 0. The Bertz CT molecular complexity index is 239. The van der Waals surface area contributed by atoms with Gasteiger partial charge in [-0.2, -0.15) is 0 Å². The zero-order valence-corrected chi connectivity index (χ0v) is 11.4. The minimum absolute atomic E-state index is 0.204. The fraction of sp³-hybridized carbons (Fsp3) is 0.857. The highest BCUT2D eigenvalue weighted by Crippen LogP contribution is 2.39. The Morgan fingerprint density at radius 1 is 1.13 bits per heavy atom. The Kier molecular flexibility index (Phi) is 3.23. The van der Waals surface area contributed by atoms with Gasteiger partial charge in [-0.15, -0.1) is 0 Å². The fourth-order valence-corrected chi connectivity index (χ4v) is 2.73. The molecule has 88 valence electrons. The molecule has 1 atom stereocenters. The van der Waals surface area contributed by atoms with Gasteiger partial charge < -0.3 is 4.90 Å². The fourth-order valence-electron chi connectivity index (χ4n) is 2.73. The van der Waals surface area contributed by atoms with Crippen molar-refractivity contribution in [2.75, 3.05) is 0 Å². The quantitative estimate of drug-likeness (QED) is 0.578. The Balaban J connectivity index is 2.98. The molecule has 0 aromatic heterocycles. The Labute approximate surface area is 95.5 Å². The summed E-state index contributed by atoms with van der Waals surface area (Å²) < 4.78 is 0. The van der Waals surface area contributed by atoms with E-state index < -0.39 is 0 Å². The number of hydrogen-bond donors (Lipinski definition) is 0. The van der Waals surface area contributed by atoms with Crippen LogP contribution in [-0.4, -0.2) is 16.5 Å². The average Bonchev–Trinajstić information content (AvgIpc) is 1.99. The maximum Gasteiger partial charge on any atom is 0.0340 e. The monoisotopic (exact) mass is 209 g/mol. The molecule has 15 heavy (non-hydrogen) atoms. The number of allylic oxidation sites excluding steroid dienone is 1. The lowest BCUT2D eigenvalue weighted by Gasteiger charge is -2.52. The largest absolute Gasteiger partial charge is 0.367 e. The number of nitrogens with zero attached hydrogens (tertiary/aromatic N) is 1. The summed E-state index contributed by atoms with van der Waals surface area (Å²) in [5.41, 5.74) is 1.88. The molecule has 0 N–H and O–H groups in total. The molecule has 0 spiro atoms. The van der Waals surface area contributed by atoms with Gasteiger partial charge in [-0.3, -0.25) is 0 Å². The van der Waals surface area contributed by atoms with E-state index >= 15 is 0 Å². The van der Waals surface area contributed by atoms with Crippen molar-refractivity contribution in [2.45, 2.75) is 72.4 Å². The molecule has 1 unspecified atom stereocenters. The Hall–Kier alpha value is -0.460. The lowest BCUT2D eigenvalue weighted by atomic mass is 9.78. The summed E-state index contributed by atoms with van der Waals surface area (Å²) in [4.78, 5) is 2.55. The van der Waals surface area contributed by atoms with Gasteiger partial charge in [0.05, 0.1) is 0 Å². The van der Waals surface area contributed by atoms with E-state index in [0.717, 1.165) is 0 Å². The summed E-state index contributed by atoms with van der Waals surface area (Å²) in [6, 6.07) is 0.638. The predicted molar refractivity (Wildman–Crippen MR) is 67.8 cm³/mol. The molecule has 1 nitrogen and oxygen atoms in total. The van der Waals surface area contributed by atoms with Crippen LogP contribution in [0.2, 0.25) is 0 Å². The lowest BCUT2D eigenvalue weighted by molar-refractivity contribution is 0.0297. The van der Waals surface area contributed by atoms with Gasteiger partial charge in [-0.25, -0.2) is 0 Å². The van der Waals surface area contributed by atoms with Gasteiger partial charge in [0.15, 0.2) is 0 Å². The van der Waals surface area contributed by atoms with E-state index in [1.807, 2.05) is 0 Å². The Morgan fingerprint density at radius 2 is 1.67 bits per heavy atom. The normalized spacial score (nSPS) is 24.5. The first-order valence-corrected chi connectivity index (χ1v) is 6.11. The number of rotatable bonds is 0. The van der Waals surface area contributed by atoms with E-state index in [9.17, 15) is 0 Å². The molecule has 0 aromatic rings. The van der Waals surface area contributed by atoms with Crippen molar-refractivity contribution in [1.29, 1.82) is 0 Å². The maximum absolute atomic E-state index is 4.25. The molecule has 1 fully saturated rings. The molecule has 0 saturated carbocycles. The SMILES string of the molecule is C=C1CCCC(C(C)(C)C)N1C(C)(C)C. The van der Waals surface area contributed by atoms with Gasteiger partial charge in [0.2, 0.25) is 0 Å². The van der Waals surface area contributed by atoms with Crippen LogP contribution in [0.15, 0.2) is 12.3 Å². The summed E-state index contributed by atoms with van der Waals surface area (Å²) in [6.07, 6.45) is 3.77. The Morgan fingerprint density at radius 3 is 2.00 bits per heavy atom. The van der Waals surface area contributed by atoms with Gasteiger partial charge in [-0.05, 0) is 45.4 Å². The standard InChI is InChI=1S/C14H27N/c1-11-9-8-10-12(13(2,3)4)15(11)14(5,6)7/h12H,1,8-10H2,2-7H3. The van der Waals surface area contributed by atoms with Crippen molar-refractivity contribution in [1.82, 2.24) is 4.90 Å². The second kappa shape index (κ2) is 3.84. The highest BCUT2D eigenvalue weighted by Gasteiger charge is 2.38. The minimum atomic E-state index is 0.204. The summed E-state index contributed by atoms with van der Waals surface area (Å²) in [7, 11) is 0. The summed E-state index contributed by atoms with van der Waals surface area (Å²) in [6.45, 7) is 18.2. The van der Waals surface area contributed by atoms with Crippen LogP contribution >= 0.6 is 0 Å². The number of hydrogen-bond acceptors (Lipinski definition) is 1. The van der Waals surface area contributed by atoms with Crippen LogP contribution in [0.1, 0.15) is 60.8 Å². The minimum Gasteiger partial charge on any atom is -0.367 e. The van der Waals surface area contributed by atoms with E-state index in [1.165, 1.54) is 25.0 Å². The van der Waals surface area contributed by atoms with E-state index in [2.05, 4.69) is 53.0 Å². The van der Waals surface area contributed by atoms with Crippen molar-refractivity contribution >= 4 is 0 Å². The van der Waals surface area contributed by atoms with E-state index in [4.69, 9.17) is 0 Å². The van der Waals surface area contributed by atoms with Crippen LogP contribution in [0.4, 0.5) is 0 Å². The molecule has 1 aliphatic rings. The van der Waals surface area contributed by atoms with E-state index in [1.54, 1.807) is 0 Å². The van der Waals surface area contributed by atoms with Gasteiger partial charge in [0.25, 0.3) is 0 Å². The second-order valence-electron chi connectivity index (χ2n) is 6.88. The lowest BCUT2D eigenvalue weighted by Crippen LogP contribution is -2.54. The third-order valence-corrected chi connectivity index (χ3v) is 3.32. The molecular weight excluding hydrogens is 182 g/mol. The summed E-state index contributed by atoms with van der Waals surface area (Å²) >= 11 is 0. The molecule has 0 radical (unpaired) electrons. The first-order chi connectivity index (χ1) is 6.64. The second-order valence-corrected chi connectivity index (χ2v) is 6.88. The molecule has 1 saturated heterocycles. The molecule has 0 amide bonds. The van der Waals surface area contributed by atoms with Crippen LogP contribution in [0.3, 0.4) is 0 Å². The predicted octanol–water partition coefficient (Wildman–Crippen LogP) is 4.20. The third-order valence-electron chi connectivity index (χ3n) is 3.32. The van der Waals surface area contributed by atoms with Gasteiger partial charge >= 0.3 is 0 Å². The van der Waals surface area contributed by atoms with Crippen LogP contribution in [0.25, 0.3) is 0 Å². The van der Waals surface area contributed by atoms with Gasteiger partial charge in [0, 0.05) is 17.3 Å². The topological polar surface area (TPSA) is 3.24 Å². The average molecular weight is 209 g/mol. The van der Waals surface area contributed by atoms with Crippen LogP contribution in [0.5, 0.6) is 0 Å². The highest BCUT2D eigenvalue weighted by atomic mass is 15.2. The molecule has 1 heteroatoms. The molecule has 1 aliphatic heterocycles. The molecule has 1 heterocycles. The third kappa shape index (κ3) is 2.76. The van der Waals surface area contributed by atoms with Crippen LogP contribution in [0, 0.1) is 5.41 Å². The van der Waals surface area contributed by atoms with E-state index in [0.29, 0.717) is 11.5 Å². The maximum atomic E-state index is 4.25. The zero-order chi connectivity index (χ0) is 11.9. The first kappa shape index (κ1) is 12.6. The van der Waals surface area contributed by atoms with Gasteiger partial charge in [0.1, 0.15) is 0 Å². The summed E-state index contributed by atoms with van der Waals surface area (Å²) in [5.74, 6) is 0. The number of likely N-dealkylation sites (tertiary alicyclic amines) is 1. The molecule has 1 rings (SSSR count). The first-order valence-electron chi connectivity index (χ1n) is 6.11. The smallest absolute Gasteiger partial charge is 0.0340 e. The van der Waals surface area contributed by atoms with Crippen molar-refractivity contribution in [2.24, 2.45) is 5.41 Å².